The Balaban J connectivity index is 1.91. The predicted octanol–water partition coefficient (Wildman–Crippen LogP) is 4.25. The number of methoxy groups -OCH3 is 1. The number of aromatic nitrogens is 3. The van der Waals surface area contributed by atoms with Crippen LogP contribution in [0.5, 0.6) is 6.01 Å². The molecule has 2 aromatic carbocycles. The Morgan fingerprint density at radius 2 is 1.70 bits per heavy atom. The van der Waals surface area contributed by atoms with Crippen LogP contribution in [-0.2, 0) is 9.53 Å². The van der Waals surface area contributed by atoms with Crippen molar-refractivity contribution in [2.75, 3.05) is 25.6 Å². The molecule has 0 unspecified atom stereocenters. The minimum atomic E-state index is -0.461. The summed E-state index contributed by atoms with van der Waals surface area (Å²) in [5.74, 6) is 0.638. The molecule has 7 heteroatoms. The van der Waals surface area contributed by atoms with Crippen molar-refractivity contribution in [1.29, 1.82) is 0 Å². The summed E-state index contributed by atoms with van der Waals surface area (Å²) in [5, 5.41) is 7.45. The lowest BCUT2D eigenvalue weighted by Gasteiger charge is -2.17. The highest BCUT2D eigenvalue weighted by atomic mass is 16.5. The Morgan fingerprint density at radius 1 is 1.03 bits per heavy atom. The standard InChI is InChI=1S/C23H28N4O3/c1-16-6-8-17(9-7-16)20-25-22(30-15-14-29-5)26-27(20)19-12-10-18(11-13-19)24-21(28)23(2,3)4/h6-13H,14-15H2,1-5H3,(H,24,28). The molecular formula is C23H28N4O3. The molecule has 0 bridgehead atoms. The zero-order valence-electron chi connectivity index (χ0n) is 18.1. The van der Waals surface area contributed by atoms with Gasteiger partial charge in [-0.1, -0.05) is 50.6 Å². The molecular weight excluding hydrogens is 380 g/mol. The molecule has 0 radical (unpaired) electrons. The fraction of sp³-hybridized carbons (Fsp3) is 0.348. The van der Waals surface area contributed by atoms with Gasteiger partial charge in [-0.25, -0.2) is 4.68 Å². The van der Waals surface area contributed by atoms with Crippen molar-refractivity contribution in [2.45, 2.75) is 27.7 Å². The fourth-order valence-corrected chi connectivity index (χ4v) is 2.64. The molecule has 0 atom stereocenters. The molecule has 0 aliphatic heterocycles. The summed E-state index contributed by atoms with van der Waals surface area (Å²) >= 11 is 0. The Labute approximate surface area is 177 Å². The summed E-state index contributed by atoms with van der Waals surface area (Å²) in [6, 6.07) is 15.9. The number of benzene rings is 2. The molecule has 1 amide bonds. The number of anilines is 1. The van der Waals surface area contributed by atoms with Gasteiger partial charge in [0.1, 0.15) is 6.61 Å². The second-order valence-corrected chi connectivity index (χ2v) is 8.09. The van der Waals surface area contributed by atoms with Crippen molar-refractivity contribution >= 4 is 11.6 Å². The quantitative estimate of drug-likeness (QED) is 0.591. The summed E-state index contributed by atoms with van der Waals surface area (Å²) < 4.78 is 12.4. The van der Waals surface area contributed by atoms with Crippen molar-refractivity contribution in [3.63, 3.8) is 0 Å². The molecule has 158 valence electrons. The smallest absolute Gasteiger partial charge is 0.336 e. The van der Waals surface area contributed by atoms with Crippen molar-refractivity contribution < 1.29 is 14.3 Å². The molecule has 1 aromatic heterocycles. The molecule has 3 rings (SSSR count). The molecule has 7 nitrogen and oxygen atoms in total. The second kappa shape index (κ2) is 9.09. The topological polar surface area (TPSA) is 78.3 Å². The number of nitrogens with zero attached hydrogens (tertiary/aromatic N) is 3. The van der Waals surface area contributed by atoms with Crippen LogP contribution in [0.25, 0.3) is 17.1 Å². The van der Waals surface area contributed by atoms with Crippen LogP contribution in [0.15, 0.2) is 48.5 Å². The third-order valence-corrected chi connectivity index (χ3v) is 4.47. The number of ether oxygens (including phenoxy) is 2. The Bertz CT molecular complexity index is 987. The van der Waals surface area contributed by atoms with Crippen LogP contribution < -0.4 is 10.1 Å². The zero-order valence-corrected chi connectivity index (χ0v) is 18.1. The Kier molecular flexibility index (Phi) is 6.52. The Morgan fingerprint density at radius 3 is 2.30 bits per heavy atom. The average Bonchev–Trinajstić information content (AvgIpc) is 3.13. The monoisotopic (exact) mass is 408 g/mol. The number of carbonyl (C=O) groups is 1. The largest absolute Gasteiger partial charge is 0.460 e. The maximum atomic E-state index is 12.2. The first-order valence-electron chi connectivity index (χ1n) is 9.85. The zero-order chi connectivity index (χ0) is 21.7. The average molecular weight is 409 g/mol. The van der Waals surface area contributed by atoms with E-state index in [-0.39, 0.29) is 11.9 Å². The van der Waals surface area contributed by atoms with E-state index in [0.717, 1.165) is 16.9 Å². The third-order valence-electron chi connectivity index (χ3n) is 4.47. The van der Waals surface area contributed by atoms with Gasteiger partial charge in [0.15, 0.2) is 5.82 Å². The highest BCUT2D eigenvalue weighted by Gasteiger charge is 2.21. The SMILES string of the molecule is COCCOc1nc(-c2ccc(C)cc2)n(-c2ccc(NC(=O)C(C)(C)C)cc2)n1. The van der Waals surface area contributed by atoms with E-state index in [1.54, 1.807) is 11.8 Å². The van der Waals surface area contributed by atoms with E-state index in [0.29, 0.717) is 19.0 Å². The third kappa shape index (κ3) is 5.24. The predicted molar refractivity (Wildman–Crippen MR) is 117 cm³/mol. The van der Waals surface area contributed by atoms with Crippen LogP contribution in [0.2, 0.25) is 0 Å². The lowest BCUT2D eigenvalue weighted by atomic mass is 9.95. The summed E-state index contributed by atoms with van der Waals surface area (Å²) in [6.45, 7) is 8.50. The van der Waals surface area contributed by atoms with E-state index in [4.69, 9.17) is 9.47 Å². The molecule has 3 aromatic rings. The highest BCUT2D eigenvalue weighted by molar-refractivity contribution is 5.94. The Hall–Kier alpha value is -3.19. The first-order valence-corrected chi connectivity index (χ1v) is 9.85. The molecule has 1 heterocycles. The number of nitrogens with one attached hydrogen (secondary N) is 1. The van der Waals surface area contributed by atoms with Gasteiger partial charge in [-0.05, 0) is 31.2 Å². The second-order valence-electron chi connectivity index (χ2n) is 8.09. The summed E-state index contributed by atoms with van der Waals surface area (Å²) in [5.41, 5.74) is 3.18. The van der Waals surface area contributed by atoms with Crippen molar-refractivity contribution in [3.8, 4) is 23.1 Å². The molecule has 0 aliphatic rings. The van der Waals surface area contributed by atoms with Gasteiger partial charge in [-0.2, -0.15) is 4.98 Å². The van der Waals surface area contributed by atoms with Gasteiger partial charge in [0.05, 0.1) is 12.3 Å². The first-order chi connectivity index (χ1) is 14.3. The van der Waals surface area contributed by atoms with E-state index in [2.05, 4.69) is 15.4 Å². The molecule has 0 fully saturated rings. The van der Waals surface area contributed by atoms with Gasteiger partial charge in [0.2, 0.25) is 5.91 Å². The van der Waals surface area contributed by atoms with Crippen molar-refractivity contribution in [3.05, 3.63) is 54.1 Å². The molecule has 30 heavy (non-hydrogen) atoms. The minimum Gasteiger partial charge on any atom is -0.460 e. The minimum absolute atomic E-state index is 0.0369. The van der Waals surface area contributed by atoms with Gasteiger partial charge < -0.3 is 14.8 Å². The van der Waals surface area contributed by atoms with E-state index in [9.17, 15) is 4.79 Å². The van der Waals surface area contributed by atoms with E-state index in [1.165, 1.54) is 5.56 Å². The van der Waals surface area contributed by atoms with Gasteiger partial charge in [0, 0.05) is 23.8 Å². The van der Waals surface area contributed by atoms with Crippen LogP contribution in [0.1, 0.15) is 26.3 Å². The van der Waals surface area contributed by atoms with E-state index < -0.39 is 5.41 Å². The van der Waals surface area contributed by atoms with Crippen LogP contribution in [-0.4, -0.2) is 41.0 Å². The number of carbonyl (C=O) groups excluding carboxylic acids is 1. The van der Waals surface area contributed by atoms with Crippen LogP contribution >= 0.6 is 0 Å². The molecule has 0 saturated carbocycles. The van der Waals surface area contributed by atoms with Crippen LogP contribution in [0.4, 0.5) is 5.69 Å². The normalized spacial score (nSPS) is 11.4. The summed E-state index contributed by atoms with van der Waals surface area (Å²) in [4.78, 5) is 16.8. The fourth-order valence-electron chi connectivity index (χ4n) is 2.64. The maximum absolute atomic E-state index is 12.2. The molecule has 0 saturated heterocycles. The highest BCUT2D eigenvalue weighted by Crippen LogP contribution is 2.25. The van der Waals surface area contributed by atoms with E-state index >= 15 is 0 Å². The van der Waals surface area contributed by atoms with Crippen molar-refractivity contribution in [2.24, 2.45) is 5.41 Å². The number of rotatable bonds is 7. The number of hydrogen-bond acceptors (Lipinski definition) is 5. The summed E-state index contributed by atoms with van der Waals surface area (Å²) in [6.07, 6.45) is 0. The number of amides is 1. The number of hydrogen-bond donors (Lipinski definition) is 1. The van der Waals surface area contributed by atoms with Crippen LogP contribution in [0, 0.1) is 12.3 Å². The lowest BCUT2D eigenvalue weighted by molar-refractivity contribution is -0.123. The van der Waals surface area contributed by atoms with Gasteiger partial charge in [0.25, 0.3) is 0 Å². The molecule has 1 N–H and O–H groups in total. The van der Waals surface area contributed by atoms with Crippen LogP contribution in [0.3, 0.4) is 0 Å². The van der Waals surface area contributed by atoms with E-state index in [1.807, 2.05) is 76.2 Å². The number of aryl methyl sites for hydroxylation is 1. The summed E-state index contributed by atoms with van der Waals surface area (Å²) in [7, 11) is 1.62. The molecule has 0 aliphatic carbocycles. The van der Waals surface area contributed by atoms with Gasteiger partial charge in [-0.3, -0.25) is 4.79 Å². The van der Waals surface area contributed by atoms with Gasteiger partial charge >= 0.3 is 6.01 Å². The lowest BCUT2D eigenvalue weighted by Crippen LogP contribution is -2.27. The first kappa shape index (κ1) is 21.5. The van der Waals surface area contributed by atoms with Gasteiger partial charge in [-0.15, -0.1) is 5.10 Å². The van der Waals surface area contributed by atoms with Crippen molar-refractivity contribution in [1.82, 2.24) is 14.8 Å². The molecule has 0 spiro atoms. The maximum Gasteiger partial charge on any atom is 0.336 e.